The Morgan fingerprint density at radius 2 is 2.38 bits per heavy atom. The average molecular weight is 346 g/mol. The number of hydrogen-bond donors (Lipinski definition) is 0. The van der Waals surface area contributed by atoms with Crippen LogP contribution in [-0.4, -0.2) is 54.9 Å². The number of carbonyl (C=O) groups is 1. The van der Waals surface area contributed by atoms with Crippen LogP contribution in [0.4, 0.5) is 0 Å². The fourth-order valence-electron chi connectivity index (χ4n) is 2.55. The van der Waals surface area contributed by atoms with Crippen molar-refractivity contribution in [2.45, 2.75) is 6.04 Å². The third kappa shape index (κ3) is 2.69. The van der Waals surface area contributed by atoms with Crippen LogP contribution in [0.2, 0.25) is 0 Å². The summed E-state index contributed by atoms with van der Waals surface area (Å²) in [4.78, 5) is 19.4. The molecule has 0 saturated carbocycles. The topological polar surface area (TPSA) is 99.2 Å². The molecule has 10 heteroatoms. The summed E-state index contributed by atoms with van der Waals surface area (Å²) in [5.41, 5.74) is 0.730. The van der Waals surface area contributed by atoms with Gasteiger partial charge in [0.15, 0.2) is 5.82 Å². The Morgan fingerprint density at radius 3 is 3.12 bits per heavy atom. The Kier molecular flexibility index (Phi) is 3.82. The van der Waals surface area contributed by atoms with Gasteiger partial charge in [-0.1, -0.05) is 5.16 Å². The predicted molar refractivity (Wildman–Crippen MR) is 83.2 cm³/mol. The number of carbonyl (C=O) groups excluding carboxylic acids is 1. The summed E-state index contributed by atoms with van der Waals surface area (Å²) < 4.78 is 16.5. The van der Waals surface area contributed by atoms with E-state index in [0.717, 1.165) is 5.56 Å². The van der Waals surface area contributed by atoms with Crippen molar-refractivity contribution >= 4 is 17.4 Å². The summed E-state index contributed by atoms with van der Waals surface area (Å²) in [6.07, 6.45) is 5.05. The first kappa shape index (κ1) is 15.0. The number of nitrogens with zero attached hydrogens (tertiary/aromatic N) is 6. The maximum Gasteiger partial charge on any atom is 0.266 e. The van der Waals surface area contributed by atoms with Crippen molar-refractivity contribution in [2.24, 2.45) is 7.05 Å². The second kappa shape index (κ2) is 6.13. The molecule has 3 aromatic heterocycles. The van der Waals surface area contributed by atoms with Crippen LogP contribution in [0.15, 0.2) is 29.2 Å². The van der Waals surface area contributed by atoms with Crippen LogP contribution in [0.1, 0.15) is 21.5 Å². The molecule has 4 rings (SSSR count). The van der Waals surface area contributed by atoms with Crippen molar-refractivity contribution < 1.29 is 14.1 Å². The highest BCUT2D eigenvalue weighted by atomic mass is 32.1. The molecule has 124 valence electrons. The van der Waals surface area contributed by atoms with E-state index < -0.39 is 0 Å². The summed E-state index contributed by atoms with van der Waals surface area (Å²) in [5, 5.41) is 8.12. The van der Waals surface area contributed by atoms with Crippen molar-refractivity contribution in [1.82, 2.24) is 29.2 Å². The van der Waals surface area contributed by atoms with Crippen molar-refractivity contribution in [2.75, 3.05) is 19.8 Å². The molecular weight excluding hydrogens is 332 g/mol. The zero-order valence-electron chi connectivity index (χ0n) is 12.8. The third-order valence-electron chi connectivity index (χ3n) is 3.73. The molecule has 9 nitrogen and oxygen atoms in total. The van der Waals surface area contributed by atoms with Gasteiger partial charge in [0, 0.05) is 26.0 Å². The molecule has 4 heterocycles. The van der Waals surface area contributed by atoms with Crippen LogP contribution in [-0.2, 0) is 11.8 Å². The fraction of sp³-hybridized carbons (Fsp3) is 0.357. The van der Waals surface area contributed by atoms with E-state index in [4.69, 9.17) is 9.26 Å². The molecule has 1 aliphatic rings. The van der Waals surface area contributed by atoms with Crippen LogP contribution >= 0.6 is 11.5 Å². The number of aromatic nitrogens is 5. The SMILES string of the molecule is Cn1cc(-c2nc(C3COCCN3C(=O)c3ccns3)no2)cn1. The van der Waals surface area contributed by atoms with Crippen molar-refractivity contribution in [3.05, 3.63) is 35.4 Å². The summed E-state index contributed by atoms with van der Waals surface area (Å²) in [6, 6.07) is 1.32. The van der Waals surface area contributed by atoms with E-state index in [2.05, 4.69) is 19.6 Å². The Hall–Kier alpha value is -2.59. The number of amides is 1. The molecule has 3 aromatic rings. The van der Waals surface area contributed by atoms with Crippen LogP contribution in [0.5, 0.6) is 0 Å². The molecule has 0 bridgehead atoms. The number of rotatable bonds is 3. The smallest absolute Gasteiger partial charge is 0.266 e. The zero-order chi connectivity index (χ0) is 16.5. The van der Waals surface area contributed by atoms with E-state index in [-0.39, 0.29) is 11.9 Å². The molecule has 1 unspecified atom stereocenters. The van der Waals surface area contributed by atoms with Gasteiger partial charge >= 0.3 is 0 Å². The minimum Gasteiger partial charge on any atom is -0.377 e. The van der Waals surface area contributed by atoms with Crippen molar-refractivity contribution in [3.8, 4) is 11.5 Å². The maximum absolute atomic E-state index is 12.7. The highest BCUT2D eigenvalue weighted by Crippen LogP contribution is 2.26. The van der Waals surface area contributed by atoms with E-state index in [9.17, 15) is 4.79 Å². The van der Waals surface area contributed by atoms with Gasteiger partial charge in [0.1, 0.15) is 10.9 Å². The van der Waals surface area contributed by atoms with Gasteiger partial charge in [-0.2, -0.15) is 10.1 Å². The number of morpholine rings is 1. The first-order valence-electron chi connectivity index (χ1n) is 7.34. The highest BCUT2D eigenvalue weighted by Gasteiger charge is 2.33. The first-order chi connectivity index (χ1) is 11.7. The van der Waals surface area contributed by atoms with Gasteiger partial charge in [-0.05, 0) is 17.6 Å². The lowest BCUT2D eigenvalue weighted by atomic mass is 10.2. The van der Waals surface area contributed by atoms with Gasteiger partial charge in [-0.3, -0.25) is 9.48 Å². The molecule has 1 saturated heterocycles. The molecule has 0 spiro atoms. The first-order valence-corrected chi connectivity index (χ1v) is 8.12. The number of aryl methyl sites for hydroxylation is 1. The lowest BCUT2D eigenvalue weighted by Crippen LogP contribution is -2.43. The normalized spacial score (nSPS) is 18.0. The second-order valence-electron chi connectivity index (χ2n) is 5.33. The Morgan fingerprint density at radius 1 is 1.46 bits per heavy atom. The molecule has 0 aliphatic carbocycles. The number of ether oxygens (including phenoxy) is 1. The number of hydrogen-bond acceptors (Lipinski definition) is 8. The molecule has 1 aliphatic heterocycles. The van der Waals surface area contributed by atoms with Gasteiger partial charge in [-0.25, -0.2) is 4.37 Å². The maximum atomic E-state index is 12.7. The van der Waals surface area contributed by atoms with Gasteiger partial charge in [-0.15, -0.1) is 0 Å². The monoisotopic (exact) mass is 346 g/mol. The van der Waals surface area contributed by atoms with E-state index >= 15 is 0 Å². The second-order valence-corrected chi connectivity index (χ2v) is 6.16. The Balaban J connectivity index is 1.61. The molecule has 0 N–H and O–H groups in total. The molecular formula is C14H14N6O3S. The largest absolute Gasteiger partial charge is 0.377 e. The third-order valence-corrected chi connectivity index (χ3v) is 4.46. The molecule has 1 atom stereocenters. The fourth-order valence-corrected chi connectivity index (χ4v) is 3.10. The van der Waals surface area contributed by atoms with Crippen LogP contribution in [0.25, 0.3) is 11.5 Å². The molecule has 1 amide bonds. The van der Waals surface area contributed by atoms with E-state index in [1.807, 2.05) is 7.05 Å². The minimum absolute atomic E-state index is 0.0986. The highest BCUT2D eigenvalue weighted by molar-refractivity contribution is 7.08. The van der Waals surface area contributed by atoms with Crippen LogP contribution in [0, 0.1) is 0 Å². The van der Waals surface area contributed by atoms with Gasteiger partial charge in [0.2, 0.25) is 0 Å². The van der Waals surface area contributed by atoms with Gasteiger partial charge in [0.25, 0.3) is 11.8 Å². The summed E-state index contributed by atoms with van der Waals surface area (Å²) >= 11 is 1.17. The summed E-state index contributed by atoms with van der Waals surface area (Å²) in [5.74, 6) is 0.693. The molecule has 0 aromatic carbocycles. The van der Waals surface area contributed by atoms with Gasteiger partial charge in [0.05, 0.1) is 25.0 Å². The average Bonchev–Trinajstić information content (AvgIpc) is 3.35. The standard InChI is InChI=1S/C14H14N6O3S/c1-19-7-9(6-15-19)13-17-12(18-23-13)10-8-22-5-4-20(10)14(21)11-2-3-16-24-11/h2-3,6-7,10H,4-5,8H2,1H3. The summed E-state index contributed by atoms with van der Waals surface area (Å²) in [7, 11) is 1.81. The van der Waals surface area contributed by atoms with E-state index in [1.165, 1.54) is 11.5 Å². The zero-order valence-corrected chi connectivity index (χ0v) is 13.6. The van der Waals surface area contributed by atoms with Crippen LogP contribution in [0.3, 0.4) is 0 Å². The summed E-state index contributed by atoms with van der Waals surface area (Å²) in [6.45, 7) is 1.28. The van der Waals surface area contributed by atoms with Crippen LogP contribution < -0.4 is 0 Å². The quantitative estimate of drug-likeness (QED) is 0.701. The van der Waals surface area contributed by atoms with Crippen molar-refractivity contribution in [3.63, 3.8) is 0 Å². The van der Waals surface area contributed by atoms with Gasteiger partial charge < -0.3 is 14.2 Å². The van der Waals surface area contributed by atoms with Crippen molar-refractivity contribution in [1.29, 1.82) is 0 Å². The minimum atomic E-state index is -0.387. The molecule has 1 fully saturated rings. The predicted octanol–water partition coefficient (Wildman–Crippen LogP) is 1.14. The van der Waals surface area contributed by atoms with E-state index in [1.54, 1.807) is 34.2 Å². The molecule has 24 heavy (non-hydrogen) atoms. The lowest BCUT2D eigenvalue weighted by Gasteiger charge is -2.33. The Labute approximate surface area is 141 Å². The Bertz CT molecular complexity index is 842. The lowest BCUT2D eigenvalue weighted by molar-refractivity contribution is -0.00551. The van der Waals surface area contributed by atoms with E-state index in [0.29, 0.717) is 36.4 Å². The molecule has 0 radical (unpaired) electrons.